The number of thiophene rings is 1. The Morgan fingerprint density at radius 3 is 2.96 bits per heavy atom. The molecule has 1 aromatic heterocycles. The van der Waals surface area contributed by atoms with Gasteiger partial charge in [0, 0.05) is 18.3 Å². The minimum atomic E-state index is -3.24. The second kappa shape index (κ2) is 6.98. The van der Waals surface area contributed by atoms with E-state index in [1.54, 1.807) is 11.3 Å². The van der Waals surface area contributed by atoms with Crippen LogP contribution in [0.3, 0.4) is 0 Å². The van der Waals surface area contributed by atoms with Crippen LogP contribution in [-0.4, -0.2) is 32.2 Å². The van der Waals surface area contributed by atoms with Gasteiger partial charge in [-0.15, -0.1) is 0 Å². The molecule has 1 saturated carbocycles. The number of rotatable bonds is 5. The maximum absolute atomic E-state index is 11.6. The fourth-order valence-corrected chi connectivity index (χ4v) is 5.98. The smallest absolute Gasteiger partial charge is 0.229 e. The van der Waals surface area contributed by atoms with Gasteiger partial charge in [-0.1, -0.05) is 18.6 Å². The molecule has 2 heterocycles. The zero-order chi connectivity index (χ0) is 18.2. The van der Waals surface area contributed by atoms with E-state index in [4.69, 9.17) is 0 Å². The number of likely N-dealkylation sites (tertiary alicyclic amines) is 1. The molecule has 0 amide bonds. The van der Waals surface area contributed by atoms with Gasteiger partial charge in [0.2, 0.25) is 10.0 Å². The Morgan fingerprint density at radius 1 is 1.31 bits per heavy atom. The summed E-state index contributed by atoms with van der Waals surface area (Å²) in [5.41, 5.74) is 3.60. The van der Waals surface area contributed by atoms with E-state index in [1.165, 1.54) is 43.1 Å². The van der Waals surface area contributed by atoms with Gasteiger partial charge in [-0.2, -0.15) is 11.3 Å². The monoisotopic (exact) mass is 390 g/mol. The minimum Gasteiger partial charge on any atom is -0.296 e. The zero-order valence-corrected chi connectivity index (χ0v) is 16.8. The van der Waals surface area contributed by atoms with Gasteiger partial charge in [0.15, 0.2) is 0 Å². The van der Waals surface area contributed by atoms with Gasteiger partial charge in [0.05, 0.1) is 6.26 Å². The predicted octanol–water partition coefficient (Wildman–Crippen LogP) is 4.21. The second-order valence-corrected chi connectivity index (χ2v) is 10.4. The number of nitrogens with zero attached hydrogens (tertiary/aromatic N) is 1. The van der Waals surface area contributed by atoms with Gasteiger partial charge in [-0.25, -0.2) is 8.42 Å². The van der Waals surface area contributed by atoms with Crippen LogP contribution >= 0.6 is 11.3 Å². The quantitative estimate of drug-likeness (QED) is 0.832. The Labute approximate surface area is 160 Å². The lowest BCUT2D eigenvalue weighted by atomic mass is 9.63. The van der Waals surface area contributed by atoms with E-state index in [1.807, 2.05) is 12.1 Å². The Hall–Kier alpha value is -1.37. The predicted molar refractivity (Wildman–Crippen MR) is 108 cm³/mol. The average molecular weight is 391 g/mol. The molecule has 2 atom stereocenters. The molecule has 26 heavy (non-hydrogen) atoms. The van der Waals surface area contributed by atoms with Crippen LogP contribution in [0.25, 0.3) is 0 Å². The van der Waals surface area contributed by atoms with Crippen molar-refractivity contribution < 1.29 is 8.42 Å². The molecule has 1 aliphatic heterocycles. The van der Waals surface area contributed by atoms with Crippen molar-refractivity contribution in [2.24, 2.45) is 0 Å². The molecule has 140 valence electrons. The lowest BCUT2D eigenvalue weighted by Gasteiger charge is -2.51. The molecule has 4 rings (SSSR count). The highest BCUT2D eigenvalue weighted by molar-refractivity contribution is 7.92. The third-order valence-corrected chi connectivity index (χ3v) is 7.30. The fourth-order valence-electron chi connectivity index (χ4n) is 4.77. The van der Waals surface area contributed by atoms with Gasteiger partial charge in [0.25, 0.3) is 0 Å². The van der Waals surface area contributed by atoms with Crippen LogP contribution in [0.4, 0.5) is 5.69 Å². The van der Waals surface area contributed by atoms with Crippen LogP contribution in [0.5, 0.6) is 0 Å². The Morgan fingerprint density at radius 2 is 2.19 bits per heavy atom. The highest BCUT2D eigenvalue weighted by Gasteiger charge is 2.43. The summed E-state index contributed by atoms with van der Waals surface area (Å²) in [6.45, 7) is 2.17. The summed E-state index contributed by atoms with van der Waals surface area (Å²) in [5.74, 6) is 0. The molecule has 2 aliphatic rings. The van der Waals surface area contributed by atoms with Crippen LogP contribution in [0.1, 0.15) is 43.2 Å². The van der Waals surface area contributed by atoms with Crippen molar-refractivity contribution in [3.8, 4) is 0 Å². The third kappa shape index (κ3) is 3.82. The van der Waals surface area contributed by atoms with E-state index in [2.05, 4.69) is 38.6 Å². The SMILES string of the molecule is CS(=O)(=O)Nc1cccc(C23CCCC(C2)N(Cc2ccsc2)CC3)c1. The molecule has 2 aromatic rings. The molecular weight excluding hydrogens is 364 g/mol. The summed E-state index contributed by atoms with van der Waals surface area (Å²) in [4.78, 5) is 2.65. The van der Waals surface area contributed by atoms with E-state index in [-0.39, 0.29) is 5.41 Å². The van der Waals surface area contributed by atoms with Crippen LogP contribution in [0.15, 0.2) is 41.1 Å². The largest absolute Gasteiger partial charge is 0.296 e. The normalized spacial score (nSPS) is 26.6. The molecule has 2 fully saturated rings. The molecule has 4 nitrogen and oxygen atoms in total. The van der Waals surface area contributed by atoms with Crippen molar-refractivity contribution in [2.75, 3.05) is 17.5 Å². The van der Waals surface area contributed by atoms with Gasteiger partial charge < -0.3 is 0 Å². The molecule has 1 aliphatic carbocycles. The van der Waals surface area contributed by atoms with Gasteiger partial charge in [-0.3, -0.25) is 9.62 Å². The molecule has 2 unspecified atom stereocenters. The number of nitrogens with one attached hydrogen (secondary N) is 1. The molecule has 0 spiro atoms. The standard InChI is InChI=1S/C20H26N2O2S2/c1-26(23,24)21-18-5-2-4-17(12-18)20-8-3-6-19(13-20)22(10-9-20)14-16-7-11-25-15-16/h2,4-5,7,11-12,15,19,21H,3,6,8-10,13-14H2,1H3. The number of sulfonamides is 1. The van der Waals surface area contributed by atoms with Crippen molar-refractivity contribution in [3.63, 3.8) is 0 Å². The number of anilines is 1. The Bertz CT molecular complexity index is 864. The summed E-state index contributed by atoms with van der Waals surface area (Å²) in [6, 6.07) is 10.9. The number of hydrogen-bond acceptors (Lipinski definition) is 4. The summed E-state index contributed by atoms with van der Waals surface area (Å²) in [7, 11) is -3.24. The van der Waals surface area contributed by atoms with Crippen molar-refractivity contribution in [1.82, 2.24) is 4.90 Å². The molecule has 6 heteroatoms. The van der Waals surface area contributed by atoms with E-state index in [0.29, 0.717) is 11.7 Å². The summed E-state index contributed by atoms with van der Waals surface area (Å²) >= 11 is 1.77. The zero-order valence-electron chi connectivity index (χ0n) is 15.1. The van der Waals surface area contributed by atoms with Crippen molar-refractivity contribution >= 4 is 27.0 Å². The van der Waals surface area contributed by atoms with Gasteiger partial charge in [0.1, 0.15) is 0 Å². The highest BCUT2D eigenvalue weighted by Crippen LogP contribution is 2.47. The van der Waals surface area contributed by atoms with Crippen molar-refractivity contribution in [2.45, 2.75) is 50.1 Å². The molecule has 2 bridgehead atoms. The molecule has 1 saturated heterocycles. The van der Waals surface area contributed by atoms with Crippen LogP contribution in [-0.2, 0) is 22.0 Å². The number of benzene rings is 1. The summed E-state index contributed by atoms with van der Waals surface area (Å²) in [6.07, 6.45) is 7.26. The second-order valence-electron chi connectivity index (χ2n) is 7.84. The van der Waals surface area contributed by atoms with E-state index in [9.17, 15) is 8.42 Å². The number of hydrogen-bond donors (Lipinski definition) is 1. The average Bonchev–Trinajstić information content (AvgIpc) is 3.10. The van der Waals surface area contributed by atoms with E-state index >= 15 is 0 Å². The Kier molecular flexibility index (Phi) is 4.84. The molecule has 0 radical (unpaired) electrons. The maximum Gasteiger partial charge on any atom is 0.229 e. The number of piperidine rings is 1. The fraction of sp³-hybridized carbons (Fsp3) is 0.500. The van der Waals surface area contributed by atoms with Gasteiger partial charge in [-0.05, 0) is 77.7 Å². The van der Waals surface area contributed by atoms with Crippen molar-refractivity contribution in [3.05, 3.63) is 52.2 Å². The van der Waals surface area contributed by atoms with Crippen LogP contribution in [0, 0.1) is 0 Å². The topological polar surface area (TPSA) is 49.4 Å². The van der Waals surface area contributed by atoms with Crippen LogP contribution in [0.2, 0.25) is 0 Å². The van der Waals surface area contributed by atoms with E-state index in [0.717, 1.165) is 19.5 Å². The molecule has 1 aromatic carbocycles. The lowest BCUT2D eigenvalue weighted by Crippen LogP contribution is -2.51. The Balaban J connectivity index is 1.55. The first-order valence-corrected chi connectivity index (χ1v) is 12.1. The third-order valence-electron chi connectivity index (χ3n) is 5.96. The number of fused-ring (bicyclic) bond motifs is 2. The maximum atomic E-state index is 11.6. The first-order valence-electron chi connectivity index (χ1n) is 9.27. The first-order chi connectivity index (χ1) is 12.4. The van der Waals surface area contributed by atoms with Gasteiger partial charge >= 0.3 is 0 Å². The summed E-state index contributed by atoms with van der Waals surface area (Å²) < 4.78 is 25.8. The van der Waals surface area contributed by atoms with Crippen molar-refractivity contribution in [1.29, 1.82) is 0 Å². The molecule has 1 N–H and O–H groups in total. The summed E-state index contributed by atoms with van der Waals surface area (Å²) in [5, 5.41) is 4.41. The first kappa shape index (κ1) is 18.0. The van der Waals surface area contributed by atoms with Crippen LogP contribution < -0.4 is 4.72 Å². The minimum absolute atomic E-state index is 0.198. The molecular formula is C20H26N2O2S2. The lowest BCUT2D eigenvalue weighted by molar-refractivity contribution is 0.0460. The van der Waals surface area contributed by atoms with E-state index < -0.39 is 10.0 Å². The highest BCUT2D eigenvalue weighted by atomic mass is 32.2.